The summed E-state index contributed by atoms with van der Waals surface area (Å²) in [4.78, 5) is 23.8. The van der Waals surface area contributed by atoms with Gasteiger partial charge in [-0.05, 0) is 55.3 Å². The fraction of sp³-hybridized carbons (Fsp3) is 0.231. The molecule has 0 spiro atoms. The van der Waals surface area contributed by atoms with Gasteiger partial charge < -0.3 is 10.2 Å². The molecule has 1 unspecified atom stereocenters. The molecule has 1 aliphatic rings. The fourth-order valence-corrected chi connectivity index (χ4v) is 4.26. The lowest BCUT2D eigenvalue weighted by molar-refractivity contribution is -0.125. The smallest absolute Gasteiger partial charge is 0.225 e. The summed E-state index contributed by atoms with van der Waals surface area (Å²) in [7, 11) is 0. The average molecular weight is 457 g/mol. The highest BCUT2D eigenvalue weighted by Gasteiger charge is 2.27. The Morgan fingerprint density at radius 1 is 1.03 bits per heavy atom. The number of carbonyl (C=O) groups excluding carboxylic acids is 1. The number of aromatic nitrogens is 4. The van der Waals surface area contributed by atoms with Crippen LogP contribution in [-0.2, 0) is 11.3 Å². The van der Waals surface area contributed by atoms with Gasteiger partial charge in [-0.25, -0.2) is 19.0 Å². The van der Waals surface area contributed by atoms with Crippen molar-refractivity contribution in [2.45, 2.75) is 19.4 Å². The van der Waals surface area contributed by atoms with Crippen LogP contribution in [0.5, 0.6) is 0 Å². The highest BCUT2D eigenvalue weighted by atomic mass is 19.1. The van der Waals surface area contributed by atoms with Crippen LogP contribution >= 0.6 is 0 Å². The second-order valence-electron chi connectivity index (χ2n) is 8.34. The monoisotopic (exact) mass is 456 g/mol. The maximum atomic E-state index is 13.5. The molecule has 34 heavy (non-hydrogen) atoms. The zero-order valence-corrected chi connectivity index (χ0v) is 18.6. The van der Waals surface area contributed by atoms with E-state index in [2.05, 4.69) is 20.2 Å². The summed E-state index contributed by atoms with van der Waals surface area (Å²) < 4.78 is 15.3. The van der Waals surface area contributed by atoms with E-state index in [-0.39, 0.29) is 17.6 Å². The molecular weight excluding hydrogens is 431 g/mol. The number of rotatable bonds is 6. The lowest BCUT2D eigenvalue weighted by Crippen LogP contribution is -2.43. The molecule has 5 rings (SSSR count). The Balaban J connectivity index is 1.33. The van der Waals surface area contributed by atoms with E-state index in [0.717, 1.165) is 36.2 Å². The number of piperidine rings is 1. The molecule has 7 nitrogen and oxygen atoms in total. The summed E-state index contributed by atoms with van der Waals surface area (Å²) in [5, 5.41) is 7.83. The average Bonchev–Trinajstić information content (AvgIpc) is 3.33. The summed E-state index contributed by atoms with van der Waals surface area (Å²) in [5.41, 5.74) is 3.29. The Hall–Kier alpha value is -4.07. The van der Waals surface area contributed by atoms with Gasteiger partial charge in [0.1, 0.15) is 5.82 Å². The van der Waals surface area contributed by atoms with Crippen molar-refractivity contribution in [1.82, 2.24) is 25.1 Å². The number of nitrogens with zero attached hydrogens (tertiary/aromatic N) is 5. The quantitative estimate of drug-likeness (QED) is 0.475. The molecule has 8 heteroatoms. The number of anilines is 1. The van der Waals surface area contributed by atoms with E-state index in [1.165, 1.54) is 12.1 Å². The first-order valence-corrected chi connectivity index (χ1v) is 11.4. The molecule has 0 bridgehead atoms. The number of halogens is 1. The summed E-state index contributed by atoms with van der Waals surface area (Å²) >= 11 is 0. The van der Waals surface area contributed by atoms with Gasteiger partial charge in [0.25, 0.3) is 0 Å². The van der Waals surface area contributed by atoms with Crippen molar-refractivity contribution in [3.05, 3.63) is 90.6 Å². The molecule has 4 aromatic rings. The fourth-order valence-electron chi connectivity index (χ4n) is 4.26. The largest absolute Gasteiger partial charge is 0.352 e. The van der Waals surface area contributed by atoms with Crippen LogP contribution in [0.1, 0.15) is 18.4 Å². The molecule has 1 fully saturated rings. The standard InChI is InChI=1S/C26H25FN6O/c27-22-11-9-19(10-12-22)24-21(18-33(31-24)23-7-2-1-3-8-23)16-30-25(34)20-6-4-15-32(17-20)26-28-13-5-14-29-26/h1-3,5,7-14,18,20H,4,6,15-17H2,(H,30,34). The van der Waals surface area contributed by atoms with Crippen LogP contribution in [0.3, 0.4) is 0 Å². The molecule has 2 aromatic carbocycles. The van der Waals surface area contributed by atoms with Gasteiger partial charge in [0.15, 0.2) is 0 Å². The first kappa shape index (κ1) is 21.8. The van der Waals surface area contributed by atoms with Crippen LogP contribution in [0.25, 0.3) is 16.9 Å². The molecule has 0 saturated carbocycles. The van der Waals surface area contributed by atoms with Gasteiger partial charge in [-0.1, -0.05) is 18.2 Å². The summed E-state index contributed by atoms with van der Waals surface area (Å²) in [6.07, 6.45) is 7.08. The van der Waals surface area contributed by atoms with Crippen molar-refractivity contribution < 1.29 is 9.18 Å². The van der Waals surface area contributed by atoms with Crippen molar-refractivity contribution >= 4 is 11.9 Å². The topological polar surface area (TPSA) is 75.9 Å². The van der Waals surface area contributed by atoms with Crippen LogP contribution in [0.2, 0.25) is 0 Å². The van der Waals surface area contributed by atoms with Gasteiger partial charge in [0.05, 0.1) is 17.3 Å². The summed E-state index contributed by atoms with van der Waals surface area (Å²) in [6, 6.07) is 17.8. The van der Waals surface area contributed by atoms with Crippen molar-refractivity contribution in [1.29, 1.82) is 0 Å². The van der Waals surface area contributed by atoms with E-state index in [0.29, 0.717) is 24.7 Å². The molecule has 0 aliphatic carbocycles. The SMILES string of the molecule is O=C(NCc1cn(-c2ccccc2)nc1-c1ccc(F)cc1)C1CCCN(c2ncccn2)C1. The molecule has 1 amide bonds. The van der Waals surface area contributed by atoms with Crippen LogP contribution in [0, 0.1) is 11.7 Å². The highest BCUT2D eigenvalue weighted by molar-refractivity contribution is 5.79. The molecule has 1 aliphatic heterocycles. The maximum Gasteiger partial charge on any atom is 0.225 e. The number of para-hydroxylation sites is 1. The second kappa shape index (κ2) is 9.82. The Morgan fingerprint density at radius 3 is 2.56 bits per heavy atom. The molecule has 3 heterocycles. The van der Waals surface area contributed by atoms with Gasteiger partial charge >= 0.3 is 0 Å². The van der Waals surface area contributed by atoms with Crippen LogP contribution in [0.15, 0.2) is 79.3 Å². The van der Waals surface area contributed by atoms with Crippen molar-refractivity contribution in [2.24, 2.45) is 5.92 Å². The van der Waals surface area contributed by atoms with Crippen molar-refractivity contribution in [3.63, 3.8) is 0 Å². The number of benzene rings is 2. The Labute approximate surface area is 197 Å². The van der Waals surface area contributed by atoms with Gasteiger partial charge in [-0.3, -0.25) is 4.79 Å². The predicted octanol–water partition coefficient (Wildman–Crippen LogP) is 4.00. The zero-order valence-electron chi connectivity index (χ0n) is 18.6. The third-order valence-electron chi connectivity index (χ3n) is 6.01. The number of carbonyl (C=O) groups is 1. The highest BCUT2D eigenvalue weighted by Crippen LogP contribution is 2.25. The van der Waals surface area contributed by atoms with Crippen LogP contribution in [0.4, 0.5) is 10.3 Å². The molecule has 1 N–H and O–H groups in total. The normalized spacial score (nSPS) is 15.8. The van der Waals surface area contributed by atoms with Gasteiger partial charge in [0.2, 0.25) is 11.9 Å². The predicted molar refractivity (Wildman–Crippen MR) is 128 cm³/mol. The lowest BCUT2D eigenvalue weighted by atomic mass is 9.97. The van der Waals surface area contributed by atoms with Gasteiger partial charge in [0, 0.05) is 49.4 Å². The summed E-state index contributed by atoms with van der Waals surface area (Å²) in [6.45, 7) is 1.76. The van der Waals surface area contributed by atoms with E-state index in [9.17, 15) is 9.18 Å². The minimum Gasteiger partial charge on any atom is -0.352 e. The number of nitrogens with one attached hydrogen (secondary N) is 1. The van der Waals surface area contributed by atoms with E-state index in [1.807, 2.05) is 36.5 Å². The molecule has 1 atom stereocenters. The minimum absolute atomic E-state index is 0.00171. The van der Waals surface area contributed by atoms with Crippen LogP contribution < -0.4 is 10.2 Å². The molecule has 2 aromatic heterocycles. The van der Waals surface area contributed by atoms with Crippen molar-refractivity contribution in [3.8, 4) is 16.9 Å². The van der Waals surface area contributed by atoms with E-state index in [4.69, 9.17) is 5.10 Å². The van der Waals surface area contributed by atoms with Crippen molar-refractivity contribution in [2.75, 3.05) is 18.0 Å². The first-order chi connectivity index (χ1) is 16.7. The van der Waals surface area contributed by atoms with Gasteiger partial charge in [-0.2, -0.15) is 5.10 Å². The van der Waals surface area contributed by atoms with Gasteiger partial charge in [-0.15, -0.1) is 0 Å². The first-order valence-electron chi connectivity index (χ1n) is 11.4. The molecular formula is C26H25FN6O. The maximum absolute atomic E-state index is 13.5. The third-order valence-corrected chi connectivity index (χ3v) is 6.01. The summed E-state index contributed by atoms with van der Waals surface area (Å²) in [5.74, 6) is 0.210. The minimum atomic E-state index is -0.301. The Morgan fingerprint density at radius 2 is 1.79 bits per heavy atom. The molecule has 1 saturated heterocycles. The number of hydrogen-bond acceptors (Lipinski definition) is 5. The zero-order chi connectivity index (χ0) is 23.3. The van der Waals surface area contributed by atoms with E-state index < -0.39 is 0 Å². The number of hydrogen-bond donors (Lipinski definition) is 1. The molecule has 0 radical (unpaired) electrons. The van der Waals surface area contributed by atoms with E-state index in [1.54, 1.807) is 35.3 Å². The van der Waals surface area contributed by atoms with E-state index >= 15 is 0 Å². The number of amides is 1. The lowest BCUT2D eigenvalue weighted by Gasteiger charge is -2.31. The Kier molecular flexibility index (Phi) is 6.29. The van der Waals surface area contributed by atoms with Crippen LogP contribution in [-0.4, -0.2) is 38.7 Å². The Bertz CT molecular complexity index is 1240. The molecule has 172 valence electrons. The second-order valence-corrected chi connectivity index (χ2v) is 8.34. The third kappa shape index (κ3) is 4.80.